The van der Waals surface area contributed by atoms with E-state index in [1.54, 1.807) is 13.2 Å². The van der Waals surface area contributed by atoms with Crippen LogP contribution in [0.25, 0.3) is 0 Å². The molecule has 0 saturated heterocycles. The Morgan fingerprint density at radius 2 is 1.70 bits per heavy atom. The van der Waals surface area contributed by atoms with Gasteiger partial charge in [0.05, 0.1) is 25.2 Å². The predicted molar refractivity (Wildman–Crippen MR) is 100 cm³/mol. The summed E-state index contributed by atoms with van der Waals surface area (Å²) in [6, 6.07) is 13.0. The highest BCUT2D eigenvalue weighted by atomic mass is 32.2. The molecular weight excluding hydrogens is 372 g/mol. The summed E-state index contributed by atoms with van der Waals surface area (Å²) in [5.41, 5.74) is 1.16. The lowest BCUT2D eigenvalue weighted by atomic mass is 10.1. The molecule has 0 aliphatic heterocycles. The number of hydrogen-bond acceptors (Lipinski definition) is 6. The molecule has 0 saturated carbocycles. The highest BCUT2D eigenvalue weighted by Crippen LogP contribution is 2.27. The summed E-state index contributed by atoms with van der Waals surface area (Å²) >= 11 is 0. The third-order valence-corrected chi connectivity index (χ3v) is 5.26. The number of rotatable bonds is 8. The third kappa shape index (κ3) is 5.43. The van der Waals surface area contributed by atoms with Crippen LogP contribution in [-0.2, 0) is 19.5 Å². The normalized spacial score (nSPS) is 12.3. The molecular formula is C18H22N2O6S. The molecule has 1 amide bonds. The van der Waals surface area contributed by atoms with Crippen molar-refractivity contribution in [3.8, 4) is 5.75 Å². The Morgan fingerprint density at radius 3 is 2.30 bits per heavy atom. The van der Waals surface area contributed by atoms with Crippen molar-refractivity contribution in [2.45, 2.75) is 11.0 Å². The van der Waals surface area contributed by atoms with Gasteiger partial charge in [0.2, 0.25) is 10.0 Å². The molecule has 0 fully saturated rings. The Kier molecular flexibility index (Phi) is 7.17. The minimum Gasteiger partial charge on any atom is -0.496 e. The first-order valence-corrected chi connectivity index (χ1v) is 9.50. The van der Waals surface area contributed by atoms with Crippen molar-refractivity contribution >= 4 is 21.8 Å². The van der Waals surface area contributed by atoms with Gasteiger partial charge in [-0.2, -0.15) is 0 Å². The average Bonchev–Trinajstić information content (AvgIpc) is 2.69. The lowest BCUT2D eigenvalue weighted by Crippen LogP contribution is -2.29. The van der Waals surface area contributed by atoms with Crippen molar-refractivity contribution in [2.24, 2.45) is 0 Å². The van der Waals surface area contributed by atoms with Crippen LogP contribution >= 0.6 is 0 Å². The molecule has 8 nitrogen and oxygen atoms in total. The second-order valence-electron chi connectivity index (χ2n) is 5.46. The van der Waals surface area contributed by atoms with E-state index in [1.807, 2.05) is 18.2 Å². The first-order valence-electron chi connectivity index (χ1n) is 8.01. The molecule has 0 aromatic heterocycles. The Morgan fingerprint density at radius 1 is 1.04 bits per heavy atom. The smallest absolute Gasteiger partial charge is 0.411 e. The van der Waals surface area contributed by atoms with Crippen molar-refractivity contribution < 1.29 is 27.4 Å². The minimum absolute atomic E-state index is 0.0291. The molecule has 0 bridgehead atoms. The Balaban J connectivity index is 2.10. The molecule has 0 aliphatic carbocycles. The number of anilines is 1. The first kappa shape index (κ1) is 20.7. The number of amides is 1. The predicted octanol–water partition coefficient (Wildman–Crippen LogP) is 2.54. The van der Waals surface area contributed by atoms with E-state index in [0.29, 0.717) is 11.4 Å². The molecule has 0 heterocycles. The number of carbonyl (C=O) groups is 1. The van der Waals surface area contributed by atoms with E-state index in [2.05, 4.69) is 14.8 Å². The van der Waals surface area contributed by atoms with E-state index < -0.39 is 22.2 Å². The van der Waals surface area contributed by atoms with Crippen LogP contribution in [0.2, 0.25) is 0 Å². The average molecular weight is 394 g/mol. The van der Waals surface area contributed by atoms with Crippen LogP contribution in [-0.4, -0.2) is 42.4 Å². The summed E-state index contributed by atoms with van der Waals surface area (Å²) in [5.74, 6) is 0.613. The lowest BCUT2D eigenvalue weighted by Gasteiger charge is -2.19. The van der Waals surface area contributed by atoms with Gasteiger partial charge in [-0.25, -0.2) is 17.9 Å². The third-order valence-electron chi connectivity index (χ3n) is 3.83. The maximum atomic E-state index is 12.5. The molecule has 1 atom stereocenters. The van der Waals surface area contributed by atoms with E-state index in [1.165, 1.54) is 38.5 Å². The largest absolute Gasteiger partial charge is 0.496 e. The first-order chi connectivity index (χ1) is 12.9. The fourth-order valence-corrected chi connectivity index (χ4v) is 3.44. The number of ether oxygens (including phenoxy) is 3. The van der Waals surface area contributed by atoms with Gasteiger partial charge in [0.15, 0.2) is 0 Å². The van der Waals surface area contributed by atoms with Crippen molar-refractivity contribution in [3.63, 3.8) is 0 Å². The number of methoxy groups -OCH3 is 3. The maximum absolute atomic E-state index is 12.5. The van der Waals surface area contributed by atoms with Crippen molar-refractivity contribution in [1.82, 2.24) is 4.72 Å². The summed E-state index contributed by atoms with van der Waals surface area (Å²) in [6.45, 7) is 0.0291. The standard InChI is InChI=1S/C18H22N2O6S/c1-24-16-7-5-4-6-15(16)17(25-2)12-19-27(22,23)14-10-8-13(9-11-14)20-18(21)26-3/h4-11,17,19H,12H2,1-3H3,(H,20,21)/t17-/m0/s1. The van der Waals surface area contributed by atoms with Gasteiger partial charge in [0.1, 0.15) is 5.75 Å². The summed E-state index contributed by atoms with van der Waals surface area (Å²) in [5, 5.41) is 2.45. The number of carbonyl (C=O) groups excluding carboxylic acids is 1. The molecule has 2 N–H and O–H groups in total. The molecule has 0 spiro atoms. The number of benzene rings is 2. The fourth-order valence-electron chi connectivity index (χ4n) is 2.41. The number of sulfonamides is 1. The lowest BCUT2D eigenvalue weighted by molar-refractivity contribution is 0.105. The highest BCUT2D eigenvalue weighted by molar-refractivity contribution is 7.89. The van der Waals surface area contributed by atoms with Crippen LogP contribution in [0.4, 0.5) is 10.5 Å². The van der Waals surface area contributed by atoms with Crippen molar-refractivity contribution in [2.75, 3.05) is 33.2 Å². The van der Waals surface area contributed by atoms with E-state index in [4.69, 9.17) is 9.47 Å². The monoisotopic (exact) mass is 394 g/mol. The topological polar surface area (TPSA) is 103 Å². The second-order valence-corrected chi connectivity index (χ2v) is 7.23. The van der Waals surface area contributed by atoms with E-state index >= 15 is 0 Å². The SMILES string of the molecule is COC(=O)Nc1ccc(S(=O)(=O)NC[C@H](OC)c2ccccc2OC)cc1. The molecule has 0 aliphatic rings. The van der Waals surface area contributed by atoms with Gasteiger partial charge in [0.25, 0.3) is 0 Å². The van der Waals surface area contributed by atoms with Crippen molar-refractivity contribution in [1.29, 1.82) is 0 Å². The van der Waals surface area contributed by atoms with Crippen LogP contribution in [0, 0.1) is 0 Å². The molecule has 0 radical (unpaired) electrons. The second kappa shape index (κ2) is 9.36. The summed E-state index contributed by atoms with van der Waals surface area (Å²) in [6.07, 6.45) is -1.15. The Hall–Kier alpha value is -2.62. The molecule has 9 heteroatoms. The molecule has 0 unspecified atom stereocenters. The number of para-hydroxylation sites is 1. The van der Waals surface area contributed by atoms with Gasteiger partial charge in [-0.1, -0.05) is 18.2 Å². The zero-order chi connectivity index (χ0) is 19.9. The number of hydrogen-bond donors (Lipinski definition) is 2. The van der Waals surface area contributed by atoms with Gasteiger partial charge in [-0.05, 0) is 30.3 Å². The van der Waals surface area contributed by atoms with Crippen LogP contribution < -0.4 is 14.8 Å². The summed E-state index contributed by atoms with van der Waals surface area (Å²) in [4.78, 5) is 11.2. The van der Waals surface area contributed by atoms with Crippen LogP contribution in [0.1, 0.15) is 11.7 Å². The van der Waals surface area contributed by atoms with E-state index in [0.717, 1.165) is 5.56 Å². The van der Waals surface area contributed by atoms with Crippen molar-refractivity contribution in [3.05, 3.63) is 54.1 Å². The van der Waals surface area contributed by atoms with Gasteiger partial charge in [0, 0.05) is 24.9 Å². The Bertz CT molecular complexity index is 868. The zero-order valence-corrected chi connectivity index (χ0v) is 16.1. The maximum Gasteiger partial charge on any atom is 0.411 e. The molecule has 2 aromatic carbocycles. The molecule has 2 aromatic rings. The fraction of sp³-hybridized carbons (Fsp3) is 0.278. The molecule has 2 rings (SSSR count). The van der Waals surface area contributed by atoms with Gasteiger partial charge in [-0.15, -0.1) is 0 Å². The van der Waals surface area contributed by atoms with E-state index in [9.17, 15) is 13.2 Å². The van der Waals surface area contributed by atoms with E-state index in [-0.39, 0.29) is 11.4 Å². The van der Waals surface area contributed by atoms with Gasteiger partial charge in [-0.3, -0.25) is 5.32 Å². The zero-order valence-electron chi connectivity index (χ0n) is 15.3. The van der Waals surface area contributed by atoms with Crippen LogP contribution in [0.5, 0.6) is 5.75 Å². The number of nitrogens with one attached hydrogen (secondary N) is 2. The van der Waals surface area contributed by atoms with Crippen LogP contribution in [0.3, 0.4) is 0 Å². The van der Waals surface area contributed by atoms with Gasteiger partial charge >= 0.3 is 6.09 Å². The Labute approximate surface area is 158 Å². The summed E-state index contributed by atoms with van der Waals surface area (Å²) < 4.78 is 42.8. The van der Waals surface area contributed by atoms with Crippen LogP contribution in [0.15, 0.2) is 53.4 Å². The minimum atomic E-state index is -3.76. The highest BCUT2D eigenvalue weighted by Gasteiger charge is 2.20. The van der Waals surface area contributed by atoms with Gasteiger partial charge < -0.3 is 14.2 Å². The molecule has 27 heavy (non-hydrogen) atoms. The summed E-state index contributed by atoms with van der Waals surface area (Å²) in [7, 11) is 0.524. The quantitative estimate of drug-likeness (QED) is 0.713. The molecule has 146 valence electrons.